The van der Waals surface area contributed by atoms with E-state index in [0.29, 0.717) is 17.5 Å². The summed E-state index contributed by atoms with van der Waals surface area (Å²) in [6.45, 7) is 2.98. The molecule has 0 aliphatic heterocycles. The summed E-state index contributed by atoms with van der Waals surface area (Å²) in [7, 11) is 0. The quantitative estimate of drug-likeness (QED) is 0.557. The molecule has 1 aromatic carbocycles. The lowest BCUT2D eigenvalue weighted by Crippen LogP contribution is -2.03. The fourth-order valence-electron chi connectivity index (χ4n) is 1.43. The van der Waals surface area contributed by atoms with Gasteiger partial charge in [-0.2, -0.15) is 0 Å². The number of unbranched alkanes of at least 4 members (excludes halogenated alkanes) is 2. The first-order valence-corrected chi connectivity index (χ1v) is 5.30. The van der Waals surface area contributed by atoms with Crippen molar-refractivity contribution in [2.75, 3.05) is 11.9 Å². The number of benzene rings is 1. The number of hydrogen-bond acceptors (Lipinski definition) is 3. The summed E-state index contributed by atoms with van der Waals surface area (Å²) < 4.78 is 0. The minimum absolute atomic E-state index is 0.0329. The van der Waals surface area contributed by atoms with Crippen LogP contribution in [0.5, 0.6) is 5.75 Å². The maximum Gasteiger partial charge on any atom is 0.155 e. The average molecular weight is 207 g/mol. The number of aldehydes is 1. The van der Waals surface area contributed by atoms with Crippen molar-refractivity contribution in [3.05, 3.63) is 23.8 Å². The highest BCUT2D eigenvalue weighted by atomic mass is 16.3. The number of phenolic OH excluding ortho intramolecular Hbond substituents is 1. The van der Waals surface area contributed by atoms with Crippen LogP contribution < -0.4 is 5.32 Å². The van der Waals surface area contributed by atoms with Gasteiger partial charge < -0.3 is 10.4 Å². The molecule has 0 saturated carbocycles. The zero-order chi connectivity index (χ0) is 11.1. The summed E-state index contributed by atoms with van der Waals surface area (Å²) in [5.74, 6) is 0.0329. The fraction of sp³-hybridized carbons (Fsp3) is 0.417. The summed E-state index contributed by atoms with van der Waals surface area (Å²) in [5, 5.41) is 12.6. The van der Waals surface area contributed by atoms with Crippen molar-refractivity contribution in [2.24, 2.45) is 0 Å². The molecule has 82 valence electrons. The van der Waals surface area contributed by atoms with Crippen LogP contribution in [0, 0.1) is 0 Å². The Morgan fingerprint density at radius 1 is 1.40 bits per heavy atom. The third kappa shape index (κ3) is 3.27. The number of phenols is 1. The van der Waals surface area contributed by atoms with E-state index in [1.54, 1.807) is 12.1 Å². The van der Waals surface area contributed by atoms with Gasteiger partial charge in [-0.3, -0.25) is 4.79 Å². The average Bonchev–Trinajstić information content (AvgIpc) is 2.24. The van der Waals surface area contributed by atoms with E-state index < -0.39 is 0 Å². The Labute approximate surface area is 90.1 Å². The van der Waals surface area contributed by atoms with E-state index in [1.807, 2.05) is 0 Å². The zero-order valence-corrected chi connectivity index (χ0v) is 8.99. The van der Waals surface area contributed by atoms with Crippen LogP contribution in [0.1, 0.15) is 36.5 Å². The van der Waals surface area contributed by atoms with Crippen molar-refractivity contribution in [3.8, 4) is 5.75 Å². The minimum Gasteiger partial charge on any atom is -0.507 e. The monoisotopic (exact) mass is 207 g/mol. The Hall–Kier alpha value is -1.51. The predicted octanol–water partition coefficient (Wildman–Crippen LogP) is 2.81. The number of carbonyl (C=O) groups excluding carboxylic acids is 1. The normalized spacial score (nSPS) is 9.93. The molecule has 2 N–H and O–H groups in total. The molecule has 0 unspecified atom stereocenters. The lowest BCUT2D eigenvalue weighted by molar-refractivity contribution is 0.112. The third-order valence-electron chi connectivity index (χ3n) is 2.30. The van der Waals surface area contributed by atoms with E-state index in [9.17, 15) is 9.90 Å². The smallest absolute Gasteiger partial charge is 0.155 e. The van der Waals surface area contributed by atoms with Gasteiger partial charge in [-0.25, -0.2) is 0 Å². The van der Waals surface area contributed by atoms with Crippen molar-refractivity contribution in [2.45, 2.75) is 26.2 Å². The van der Waals surface area contributed by atoms with Gasteiger partial charge in [0.15, 0.2) is 6.29 Å². The lowest BCUT2D eigenvalue weighted by atomic mass is 10.1. The topological polar surface area (TPSA) is 49.3 Å². The SMILES string of the molecule is CCCCCNc1cccc(O)c1C=O. The first-order chi connectivity index (χ1) is 7.29. The van der Waals surface area contributed by atoms with Gasteiger partial charge in [-0.1, -0.05) is 25.8 Å². The Bertz CT molecular complexity index is 323. The molecule has 3 nitrogen and oxygen atoms in total. The maximum atomic E-state index is 10.7. The van der Waals surface area contributed by atoms with Crippen LogP contribution in [0.25, 0.3) is 0 Å². The number of aromatic hydroxyl groups is 1. The number of carbonyl (C=O) groups is 1. The summed E-state index contributed by atoms with van der Waals surface area (Å²) in [4.78, 5) is 10.7. The number of nitrogens with one attached hydrogen (secondary N) is 1. The van der Waals surface area contributed by atoms with Gasteiger partial charge >= 0.3 is 0 Å². The number of hydrogen-bond donors (Lipinski definition) is 2. The van der Waals surface area contributed by atoms with E-state index in [0.717, 1.165) is 13.0 Å². The van der Waals surface area contributed by atoms with Crippen molar-refractivity contribution in [1.82, 2.24) is 0 Å². The molecule has 1 rings (SSSR count). The van der Waals surface area contributed by atoms with Crippen LogP contribution in [0.3, 0.4) is 0 Å². The third-order valence-corrected chi connectivity index (χ3v) is 2.30. The second-order valence-electron chi connectivity index (χ2n) is 3.49. The highest BCUT2D eigenvalue weighted by molar-refractivity contribution is 5.87. The molecular formula is C12H17NO2. The Kier molecular flexibility index (Phi) is 4.68. The van der Waals surface area contributed by atoms with Crippen molar-refractivity contribution >= 4 is 12.0 Å². The molecule has 0 fully saturated rings. The zero-order valence-electron chi connectivity index (χ0n) is 8.99. The molecule has 0 heterocycles. The molecular weight excluding hydrogens is 190 g/mol. The first kappa shape index (κ1) is 11.6. The highest BCUT2D eigenvalue weighted by Gasteiger charge is 2.05. The molecule has 0 aromatic heterocycles. The van der Waals surface area contributed by atoms with Crippen LogP contribution >= 0.6 is 0 Å². The molecule has 0 spiro atoms. The molecule has 15 heavy (non-hydrogen) atoms. The van der Waals surface area contributed by atoms with Crippen LogP contribution in [-0.2, 0) is 0 Å². The summed E-state index contributed by atoms with van der Waals surface area (Å²) in [5.41, 5.74) is 1.05. The molecule has 0 aliphatic rings. The van der Waals surface area contributed by atoms with Crippen molar-refractivity contribution in [1.29, 1.82) is 0 Å². The van der Waals surface area contributed by atoms with Gasteiger partial charge in [-0.05, 0) is 18.6 Å². The number of rotatable bonds is 6. The maximum absolute atomic E-state index is 10.7. The number of anilines is 1. The van der Waals surface area contributed by atoms with Gasteiger partial charge in [0, 0.05) is 12.2 Å². The second kappa shape index (κ2) is 6.06. The predicted molar refractivity (Wildman–Crippen MR) is 61.5 cm³/mol. The van der Waals surface area contributed by atoms with Crippen LogP contribution in [-0.4, -0.2) is 17.9 Å². The summed E-state index contributed by atoms with van der Waals surface area (Å²) >= 11 is 0. The Morgan fingerprint density at radius 3 is 2.87 bits per heavy atom. The van der Waals surface area contributed by atoms with Crippen molar-refractivity contribution < 1.29 is 9.90 Å². The standard InChI is InChI=1S/C12H17NO2/c1-2-3-4-8-13-11-6-5-7-12(15)10(11)9-14/h5-7,9,13,15H,2-4,8H2,1H3. The molecule has 0 saturated heterocycles. The van der Waals surface area contributed by atoms with Gasteiger partial charge in [0.05, 0.1) is 5.56 Å². The lowest BCUT2D eigenvalue weighted by Gasteiger charge is -2.09. The van der Waals surface area contributed by atoms with Crippen LogP contribution in [0.15, 0.2) is 18.2 Å². The summed E-state index contributed by atoms with van der Waals surface area (Å²) in [6.07, 6.45) is 4.09. The molecule has 0 radical (unpaired) electrons. The highest BCUT2D eigenvalue weighted by Crippen LogP contribution is 2.23. The van der Waals surface area contributed by atoms with E-state index >= 15 is 0 Å². The van der Waals surface area contributed by atoms with Crippen molar-refractivity contribution in [3.63, 3.8) is 0 Å². The Morgan fingerprint density at radius 2 is 2.20 bits per heavy atom. The molecule has 0 atom stereocenters. The Balaban J connectivity index is 2.60. The fourth-order valence-corrected chi connectivity index (χ4v) is 1.43. The largest absolute Gasteiger partial charge is 0.507 e. The summed E-state index contributed by atoms with van der Waals surface area (Å²) in [6, 6.07) is 5.04. The molecule has 3 heteroatoms. The van der Waals surface area contributed by atoms with Gasteiger partial charge in [-0.15, -0.1) is 0 Å². The van der Waals surface area contributed by atoms with Gasteiger partial charge in [0.25, 0.3) is 0 Å². The van der Waals surface area contributed by atoms with Crippen LogP contribution in [0.4, 0.5) is 5.69 Å². The second-order valence-corrected chi connectivity index (χ2v) is 3.49. The van der Waals surface area contributed by atoms with Gasteiger partial charge in [0.1, 0.15) is 5.75 Å². The molecule has 1 aromatic rings. The van der Waals surface area contributed by atoms with E-state index in [2.05, 4.69) is 12.2 Å². The van der Waals surface area contributed by atoms with Gasteiger partial charge in [0.2, 0.25) is 0 Å². The molecule has 0 aliphatic carbocycles. The first-order valence-electron chi connectivity index (χ1n) is 5.30. The minimum atomic E-state index is 0.0329. The van der Waals surface area contributed by atoms with E-state index in [4.69, 9.17) is 0 Å². The molecule has 0 bridgehead atoms. The van der Waals surface area contributed by atoms with Crippen LogP contribution in [0.2, 0.25) is 0 Å². The van der Waals surface area contributed by atoms with E-state index in [-0.39, 0.29) is 5.75 Å². The molecule has 0 amide bonds. The van der Waals surface area contributed by atoms with E-state index in [1.165, 1.54) is 18.9 Å².